The van der Waals surface area contributed by atoms with Crippen molar-refractivity contribution < 1.29 is 23.9 Å². The van der Waals surface area contributed by atoms with E-state index in [9.17, 15) is 14.4 Å². The summed E-state index contributed by atoms with van der Waals surface area (Å²) in [7, 11) is 1.64. The lowest BCUT2D eigenvalue weighted by molar-refractivity contribution is -0.148. The van der Waals surface area contributed by atoms with Gasteiger partial charge in [-0.15, -0.1) is 0 Å². The quantitative estimate of drug-likeness (QED) is 0.429. The van der Waals surface area contributed by atoms with Crippen LogP contribution in [0.15, 0.2) is 36.4 Å². The summed E-state index contributed by atoms with van der Waals surface area (Å²) in [5.74, 6) is -0.416. The van der Waals surface area contributed by atoms with Crippen molar-refractivity contribution >= 4 is 17.7 Å². The molecule has 0 spiro atoms. The zero-order chi connectivity index (χ0) is 24.9. The van der Waals surface area contributed by atoms with Crippen LogP contribution < -0.4 is 10.1 Å². The fourth-order valence-corrected chi connectivity index (χ4v) is 5.40. The SMILES string of the molecule is COc1ccc(C(CNC(=O)C(CC(C)C)N2C(=O)C3CC=CCC3C2=O)N2CCOCC2)cc1. The third kappa shape index (κ3) is 5.59. The average molecular weight is 484 g/mol. The molecule has 8 nitrogen and oxygen atoms in total. The van der Waals surface area contributed by atoms with Gasteiger partial charge in [-0.25, -0.2) is 0 Å². The largest absolute Gasteiger partial charge is 0.497 e. The number of morpholine rings is 1. The van der Waals surface area contributed by atoms with E-state index in [1.165, 1.54) is 4.90 Å². The Kier molecular flexibility index (Phi) is 8.23. The molecule has 0 radical (unpaired) electrons. The number of allylic oxidation sites excluding steroid dienone is 2. The standard InChI is InChI=1S/C27H37N3O5/c1-18(2)16-23(30-26(32)21-6-4-5-7-22(21)27(30)33)25(31)28-17-24(29-12-14-35-15-13-29)19-8-10-20(34-3)11-9-19/h4-5,8-11,18,21-24H,6-7,12-17H2,1-3H3,(H,28,31). The average Bonchev–Trinajstić information content (AvgIpc) is 3.13. The molecule has 1 aliphatic carbocycles. The molecule has 2 heterocycles. The van der Waals surface area contributed by atoms with E-state index in [2.05, 4.69) is 10.2 Å². The van der Waals surface area contributed by atoms with Gasteiger partial charge in [-0.2, -0.15) is 0 Å². The molecule has 2 saturated heterocycles. The van der Waals surface area contributed by atoms with Gasteiger partial charge in [0.05, 0.1) is 38.2 Å². The zero-order valence-corrected chi connectivity index (χ0v) is 20.9. The molecule has 3 aliphatic rings. The number of fused-ring (bicyclic) bond motifs is 1. The summed E-state index contributed by atoms with van der Waals surface area (Å²) in [6.45, 7) is 7.21. The van der Waals surface area contributed by atoms with E-state index in [1.807, 2.05) is 50.3 Å². The number of methoxy groups -OCH3 is 1. The van der Waals surface area contributed by atoms with Gasteiger partial charge in [0.2, 0.25) is 17.7 Å². The Balaban J connectivity index is 1.51. The van der Waals surface area contributed by atoms with Gasteiger partial charge >= 0.3 is 0 Å². The van der Waals surface area contributed by atoms with Gasteiger partial charge in [0.1, 0.15) is 11.8 Å². The Morgan fingerprint density at radius 2 is 1.66 bits per heavy atom. The molecule has 190 valence electrons. The molecule has 4 atom stereocenters. The molecule has 2 fully saturated rings. The summed E-state index contributed by atoms with van der Waals surface area (Å²) in [5, 5.41) is 3.10. The number of carbonyl (C=O) groups excluding carboxylic acids is 3. The van der Waals surface area contributed by atoms with Crippen LogP contribution in [0.2, 0.25) is 0 Å². The van der Waals surface area contributed by atoms with Crippen molar-refractivity contribution in [2.75, 3.05) is 40.0 Å². The van der Waals surface area contributed by atoms with Gasteiger partial charge in [0.15, 0.2) is 0 Å². The first-order valence-corrected chi connectivity index (χ1v) is 12.7. The molecule has 0 saturated carbocycles. The van der Waals surface area contributed by atoms with Crippen molar-refractivity contribution in [3.63, 3.8) is 0 Å². The zero-order valence-electron chi connectivity index (χ0n) is 20.9. The minimum atomic E-state index is -0.790. The number of amides is 3. The molecule has 4 rings (SSSR count). The van der Waals surface area contributed by atoms with Crippen LogP contribution in [0.1, 0.15) is 44.7 Å². The third-order valence-corrected chi connectivity index (χ3v) is 7.31. The van der Waals surface area contributed by atoms with Gasteiger partial charge in [0, 0.05) is 19.6 Å². The second kappa shape index (κ2) is 11.4. The first-order valence-electron chi connectivity index (χ1n) is 12.7. The van der Waals surface area contributed by atoms with E-state index in [1.54, 1.807) is 7.11 Å². The maximum atomic E-state index is 13.5. The number of likely N-dealkylation sites (tertiary alicyclic amines) is 1. The van der Waals surface area contributed by atoms with Crippen LogP contribution in [0.3, 0.4) is 0 Å². The highest BCUT2D eigenvalue weighted by atomic mass is 16.5. The summed E-state index contributed by atoms with van der Waals surface area (Å²) in [5.41, 5.74) is 1.07. The molecule has 35 heavy (non-hydrogen) atoms. The lowest BCUT2D eigenvalue weighted by Crippen LogP contribution is -2.52. The predicted octanol–water partition coefficient (Wildman–Crippen LogP) is 2.55. The minimum absolute atomic E-state index is 0.0507. The van der Waals surface area contributed by atoms with Gasteiger partial charge in [-0.05, 0) is 42.9 Å². The van der Waals surface area contributed by atoms with E-state index < -0.39 is 6.04 Å². The number of imide groups is 1. The molecule has 4 unspecified atom stereocenters. The molecule has 0 bridgehead atoms. The van der Waals surface area contributed by atoms with Crippen LogP contribution in [0.4, 0.5) is 0 Å². The summed E-state index contributed by atoms with van der Waals surface area (Å²) < 4.78 is 10.8. The smallest absolute Gasteiger partial charge is 0.243 e. The second-order valence-corrected chi connectivity index (χ2v) is 10.0. The molecule has 1 aromatic rings. The minimum Gasteiger partial charge on any atom is -0.497 e. The monoisotopic (exact) mass is 483 g/mol. The highest BCUT2D eigenvalue weighted by Gasteiger charge is 2.51. The van der Waals surface area contributed by atoms with Crippen molar-refractivity contribution in [3.8, 4) is 5.75 Å². The van der Waals surface area contributed by atoms with Crippen LogP contribution in [0, 0.1) is 17.8 Å². The van der Waals surface area contributed by atoms with Crippen molar-refractivity contribution in [1.29, 1.82) is 0 Å². The number of nitrogens with one attached hydrogen (secondary N) is 1. The molecule has 0 aromatic heterocycles. The number of hydrogen-bond acceptors (Lipinski definition) is 6. The van der Waals surface area contributed by atoms with Crippen molar-refractivity contribution in [3.05, 3.63) is 42.0 Å². The Morgan fingerprint density at radius 3 is 2.20 bits per heavy atom. The molecular weight excluding hydrogens is 446 g/mol. The first-order chi connectivity index (χ1) is 16.9. The van der Waals surface area contributed by atoms with Crippen LogP contribution in [-0.2, 0) is 19.1 Å². The highest BCUT2D eigenvalue weighted by Crippen LogP contribution is 2.37. The Labute approximate surface area is 207 Å². The number of hydrogen-bond donors (Lipinski definition) is 1. The van der Waals surface area contributed by atoms with Crippen molar-refractivity contribution in [1.82, 2.24) is 15.1 Å². The molecule has 3 amide bonds. The second-order valence-electron chi connectivity index (χ2n) is 10.0. The number of rotatable bonds is 9. The van der Waals surface area contributed by atoms with E-state index in [-0.39, 0.29) is 41.5 Å². The van der Waals surface area contributed by atoms with Crippen LogP contribution >= 0.6 is 0 Å². The van der Waals surface area contributed by atoms with Crippen molar-refractivity contribution in [2.24, 2.45) is 17.8 Å². The Morgan fingerprint density at radius 1 is 1.06 bits per heavy atom. The molecule has 1 N–H and O–H groups in total. The van der Waals surface area contributed by atoms with Crippen molar-refractivity contribution in [2.45, 2.75) is 45.2 Å². The third-order valence-electron chi connectivity index (χ3n) is 7.31. The number of ether oxygens (including phenoxy) is 2. The van der Waals surface area contributed by atoms with Crippen LogP contribution in [0.5, 0.6) is 5.75 Å². The Hall–Kier alpha value is -2.71. The van der Waals surface area contributed by atoms with Gasteiger partial charge < -0.3 is 14.8 Å². The summed E-state index contributed by atoms with van der Waals surface area (Å²) in [4.78, 5) is 43.5. The Bertz CT molecular complexity index is 913. The van der Waals surface area contributed by atoms with Crippen LogP contribution in [0.25, 0.3) is 0 Å². The lowest BCUT2D eigenvalue weighted by Gasteiger charge is -2.35. The fraction of sp³-hybridized carbons (Fsp3) is 0.593. The molecular formula is C27H37N3O5. The van der Waals surface area contributed by atoms with Gasteiger partial charge in [-0.3, -0.25) is 24.2 Å². The molecule has 8 heteroatoms. The summed E-state index contributed by atoms with van der Waals surface area (Å²) in [6.07, 6.45) is 5.52. The topological polar surface area (TPSA) is 88.2 Å². The molecule has 1 aromatic carbocycles. The number of nitrogens with zero attached hydrogens (tertiary/aromatic N) is 2. The highest BCUT2D eigenvalue weighted by molar-refractivity contribution is 6.08. The van der Waals surface area contributed by atoms with Crippen LogP contribution in [-0.4, -0.2) is 73.5 Å². The van der Waals surface area contributed by atoms with E-state index >= 15 is 0 Å². The lowest BCUT2D eigenvalue weighted by atomic mass is 9.85. The number of carbonyl (C=O) groups is 3. The first kappa shape index (κ1) is 25.4. The maximum absolute atomic E-state index is 13.5. The van der Waals surface area contributed by atoms with E-state index in [0.29, 0.717) is 39.0 Å². The van der Waals surface area contributed by atoms with E-state index in [4.69, 9.17) is 9.47 Å². The maximum Gasteiger partial charge on any atom is 0.243 e. The predicted molar refractivity (Wildman–Crippen MR) is 132 cm³/mol. The summed E-state index contributed by atoms with van der Waals surface area (Å²) in [6, 6.07) is 7.03. The van der Waals surface area contributed by atoms with Gasteiger partial charge in [0.25, 0.3) is 0 Å². The number of benzene rings is 1. The fourth-order valence-electron chi connectivity index (χ4n) is 5.40. The van der Waals surface area contributed by atoms with Gasteiger partial charge in [-0.1, -0.05) is 38.1 Å². The van der Waals surface area contributed by atoms with E-state index in [0.717, 1.165) is 24.4 Å². The summed E-state index contributed by atoms with van der Waals surface area (Å²) >= 11 is 0. The molecule has 2 aliphatic heterocycles. The normalized spacial score (nSPS) is 24.4.